The van der Waals surface area contributed by atoms with Gasteiger partial charge in [0.05, 0.1) is 6.10 Å². The molecule has 1 aliphatic rings. The fourth-order valence-corrected chi connectivity index (χ4v) is 3.92. The van der Waals surface area contributed by atoms with Crippen LogP contribution < -0.4 is 5.48 Å². The van der Waals surface area contributed by atoms with Crippen molar-refractivity contribution in [3.8, 4) is 11.1 Å². The average molecular weight is 397 g/mol. The Morgan fingerprint density at radius 1 is 0.931 bits per heavy atom. The van der Waals surface area contributed by atoms with E-state index in [0.29, 0.717) is 12.8 Å². The molecule has 0 saturated carbocycles. The molecule has 1 aliphatic heterocycles. The minimum Gasteiger partial charge on any atom is -0.388 e. The zero-order valence-electron chi connectivity index (χ0n) is 17.0. The minimum absolute atomic E-state index is 0.274. The molecule has 1 atom stereocenters. The van der Waals surface area contributed by atoms with Gasteiger partial charge in [-0.15, -0.1) is 0 Å². The molecule has 1 heterocycles. The lowest BCUT2D eigenvalue weighted by atomic mass is 9.98. The fourth-order valence-electron chi connectivity index (χ4n) is 3.92. The average Bonchev–Trinajstić information content (AvgIpc) is 2.77. The summed E-state index contributed by atoms with van der Waals surface area (Å²) < 4.78 is 0. The number of piperidine rings is 1. The molecule has 29 heavy (non-hydrogen) atoms. The van der Waals surface area contributed by atoms with Gasteiger partial charge in [-0.05, 0) is 61.0 Å². The van der Waals surface area contributed by atoms with Crippen LogP contribution in [-0.2, 0) is 11.3 Å². The number of unbranched alkanes of at least 4 members (excludes halogenated alkanes) is 1. The van der Waals surface area contributed by atoms with Crippen LogP contribution in [-0.4, -0.2) is 34.2 Å². The van der Waals surface area contributed by atoms with Crippen molar-refractivity contribution in [3.63, 3.8) is 0 Å². The highest BCUT2D eigenvalue weighted by molar-refractivity contribution is 5.74. The van der Waals surface area contributed by atoms with Crippen molar-refractivity contribution in [2.45, 2.75) is 57.6 Å². The van der Waals surface area contributed by atoms with Crippen LogP contribution in [0.2, 0.25) is 0 Å². The van der Waals surface area contributed by atoms with Crippen molar-refractivity contribution in [1.29, 1.82) is 0 Å². The Morgan fingerprint density at radius 2 is 1.55 bits per heavy atom. The van der Waals surface area contributed by atoms with Crippen LogP contribution in [0.4, 0.5) is 0 Å². The summed E-state index contributed by atoms with van der Waals surface area (Å²) in [4.78, 5) is 13.5. The van der Waals surface area contributed by atoms with E-state index >= 15 is 0 Å². The quantitative estimate of drug-likeness (QED) is 0.333. The number of likely N-dealkylation sites (tertiary alicyclic amines) is 1. The summed E-state index contributed by atoms with van der Waals surface area (Å²) >= 11 is 0. The van der Waals surface area contributed by atoms with Gasteiger partial charge in [0.2, 0.25) is 5.91 Å². The van der Waals surface area contributed by atoms with Gasteiger partial charge in [0, 0.05) is 13.0 Å². The highest BCUT2D eigenvalue weighted by Gasteiger charge is 2.11. The van der Waals surface area contributed by atoms with Crippen LogP contribution in [0.1, 0.15) is 62.2 Å². The Balaban J connectivity index is 1.50. The zero-order chi connectivity index (χ0) is 20.5. The standard InChI is InChI=1S/C24H32N2O3/c27-23(6-2-3-7-24(28)25-29)22-14-12-21(13-15-22)20-10-8-19(9-11-20)18-26-16-4-1-5-17-26/h8-15,23,27,29H,1-7,16-18H2,(H,25,28). The van der Waals surface area contributed by atoms with E-state index < -0.39 is 6.10 Å². The highest BCUT2D eigenvalue weighted by Crippen LogP contribution is 2.25. The van der Waals surface area contributed by atoms with Crippen molar-refractivity contribution >= 4 is 5.91 Å². The number of aliphatic hydroxyl groups is 1. The lowest BCUT2D eigenvalue weighted by Crippen LogP contribution is -2.28. The molecule has 0 spiro atoms. The summed E-state index contributed by atoms with van der Waals surface area (Å²) in [5.41, 5.74) is 6.20. The first kappa shape index (κ1) is 21.5. The minimum atomic E-state index is -0.534. The first-order chi connectivity index (χ1) is 14.2. The molecule has 3 N–H and O–H groups in total. The Kier molecular flexibility index (Phi) is 8.23. The summed E-state index contributed by atoms with van der Waals surface area (Å²) in [6.07, 6.45) is 5.70. The van der Waals surface area contributed by atoms with Crippen LogP contribution in [0.5, 0.6) is 0 Å². The number of rotatable bonds is 9. The van der Waals surface area contributed by atoms with Gasteiger partial charge in [-0.2, -0.15) is 0 Å². The number of carbonyl (C=O) groups excluding carboxylic acids is 1. The smallest absolute Gasteiger partial charge is 0.243 e. The van der Waals surface area contributed by atoms with Gasteiger partial charge in [-0.1, -0.05) is 61.4 Å². The van der Waals surface area contributed by atoms with Crippen molar-refractivity contribution in [2.24, 2.45) is 0 Å². The van der Waals surface area contributed by atoms with Crippen LogP contribution in [0.25, 0.3) is 11.1 Å². The van der Waals surface area contributed by atoms with Gasteiger partial charge in [0.15, 0.2) is 0 Å². The molecule has 1 saturated heterocycles. The van der Waals surface area contributed by atoms with Gasteiger partial charge in [-0.3, -0.25) is 14.9 Å². The number of amides is 1. The molecule has 1 amide bonds. The highest BCUT2D eigenvalue weighted by atomic mass is 16.5. The molecule has 5 heteroatoms. The molecule has 2 aromatic rings. The number of aliphatic hydroxyl groups excluding tert-OH is 1. The predicted molar refractivity (Wildman–Crippen MR) is 114 cm³/mol. The van der Waals surface area contributed by atoms with E-state index in [2.05, 4.69) is 41.3 Å². The Bertz CT molecular complexity index is 753. The van der Waals surface area contributed by atoms with Crippen LogP contribution >= 0.6 is 0 Å². The molecule has 156 valence electrons. The lowest BCUT2D eigenvalue weighted by Gasteiger charge is -2.26. The number of nitrogens with zero attached hydrogens (tertiary/aromatic N) is 1. The summed E-state index contributed by atoms with van der Waals surface area (Å²) in [5, 5.41) is 18.8. The van der Waals surface area contributed by atoms with E-state index in [1.165, 1.54) is 43.5 Å². The normalized spacial score (nSPS) is 15.8. The summed E-state index contributed by atoms with van der Waals surface area (Å²) in [6.45, 7) is 3.45. The molecular formula is C24H32N2O3. The number of carbonyl (C=O) groups is 1. The van der Waals surface area contributed by atoms with Crippen molar-refractivity contribution < 1.29 is 15.1 Å². The van der Waals surface area contributed by atoms with Crippen molar-refractivity contribution in [1.82, 2.24) is 10.4 Å². The second-order valence-corrected chi connectivity index (χ2v) is 7.95. The van der Waals surface area contributed by atoms with Gasteiger partial charge >= 0.3 is 0 Å². The van der Waals surface area contributed by atoms with Gasteiger partial charge < -0.3 is 5.11 Å². The third-order valence-corrected chi connectivity index (χ3v) is 5.69. The van der Waals surface area contributed by atoms with E-state index in [9.17, 15) is 9.90 Å². The second-order valence-electron chi connectivity index (χ2n) is 7.95. The van der Waals surface area contributed by atoms with E-state index in [-0.39, 0.29) is 12.3 Å². The molecule has 2 aromatic carbocycles. The Morgan fingerprint density at radius 3 is 2.17 bits per heavy atom. The monoisotopic (exact) mass is 396 g/mol. The van der Waals surface area contributed by atoms with Gasteiger partial charge in [0.1, 0.15) is 0 Å². The molecule has 0 aliphatic carbocycles. The molecule has 0 bridgehead atoms. The number of hydrogen-bond donors (Lipinski definition) is 3. The van der Waals surface area contributed by atoms with Gasteiger partial charge in [-0.25, -0.2) is 5.48 Å². The number of benzene rings is 2. The number of nitrogens with one attached hydrogen (secondary N) is 1. The number of hydroxylamine groups is 1. The first-order valence-electron chi connectivity index (χ1n) is 10.7. The first-order valence-corrected chi connectivity index (χ1v) is 10.7. The third kappa shape index (κ3) is 6.67. The van der Waals surface area contributed by atoms with Gasteiger partial charge in [0.25, 0.3) is 0 Å². The van der Waals surface area contributed by atoms with Crippen molar-refractivity contribution in [2.75, 3.05) is 13.1 Å². The third-order valence-electron chi connectivity index (χ3n) is 5.69. The van der Waals surface area contributed by atoms with E-state index in [1.54, 1.807) is 5.48 Å². The molecule has 3 rings (SSSR count). The molecule has 1 fully saturated rings. The molecular weight excluding hydrogens is 364 g/mol. The predicted octanol–water partition coefficient (Wildman–Crippen LogP) is 4.44. The maximum absolute atomic E-state index is 11.0. The molecule has 0 radical (unpaired) electrons. The van der Waals surface area contributed by atoms with Crippen LogP contribution in [0.3, 0.4) is 0 Å². The summed E-state index contributed by atoms with van der Waals surface area (Å²) in [6, 6.07) is 16.8. The van der Waals surface area contributed by atoms with E-state index in [4.69, 9.17) is 5.21 Å². The van der Waals surface area contributed by atoms with Crippen LogP contribution in [0.15, 0.2) is 48.5 Å². The maximum atomic E-state index is 11.0. The Labute approximate surface area is 173 Å². The molecule has 1 unspecified atom stereocenters. The van der Waals surface area contributed by atoms with Crippen molar-refractivity contribution in [3.05, 3.63) is 59.7 Å². The summed E-state index contributed by atoms with van der Waals surface area (Å²) in [5.74, 6) is -0.384. The van der Waals surface area contributed by atoms with Crippen LogP contribution in [0, 0.1) is 0 Å². The van der Waals surface area contributed by atoms with E-state index in [0.717, 1.165) is 24.1 Å². The fraction of sp³-hybridized carbons (Fsp3) is 0.458. The topological polar surface area (TPSA) is 72.8 Å². The molecule has 0 aromatic heterocycles. The molecule has 5 nitrogen and oxygen atoms in total. The maximum Gasteiger partial charge on any atom is 0.243 e. The Hall–Kier alpha value is -2.21. The largest absolute Gasteiger partial charge is 0.388 e. The summed E-state index contributed by atoms with van der Waals surface area (Å²) in [7, 11) is 0. The number of hydrogen-bond acceptors (Lipinski definition) is 4. The lowest BCUT2D eigenvalue weighted by molar-refractivity contribution is -0.129. The van der Waals surface area contributed by atoms with E-state index in [1.807, 2.05) is 12.1 Å². The zero-order valence-corrected chi connectivity index (χ0v) is 17.0. The SMILES string of the molecule is O=C(CCCCC(O)c1ccc(-c2ccc(CN3CCCCC3)cc2)cc1)NO. The second kappa shape index (κ2) is 11.1.